The number of hydrogen-bond acceptors (Lipinski definition) is 3. The molecule has 0 radical (unpaired) electrons. The summed E-state index contributed by atoms with van der Waals surface area (Å²) >= 11 is 0. The Labute approximate surface area is 117 Å². The third-order valence-corrected chi connectivity index (χ3v) is 3.17. The Morgan fingerprint density at radius 2 is 2.20 bits per heavy atom. The predicted octanol–water partition coefficient (Wildman–Crippen LogP) is 2.17. The molecule has 0 aliphatic rings. The number of carbonyl (C=O) groups is 1. The number of nitrogens with zero attached hydrogens (tertiary/aromatic N) is 2. The fourth-order valence-corrected chi connectivity index (χ4v) is 2.12. The quantitative estimate of drug-likeness (QED) is 0.875. The minimum atomic E-state index is -0.0743. The van der Waals surface area contributed by atoms with Crippen LogP contribution in [0.2, 0.25) is 0 Å². The lowest BCUT2D eigenvalue weighted by Gasteiger charge is -2.20. The van der Waals surface area contributed by atoms with Crippen molar-refractivity contribution in [2.24, 2.45) is 0 Å². The lowest BCUT2D eigenvalue weighted by atomic mass is 10.1. The van der Waals surface area contributed by atoms with Gasteiger partial charge < -0.3 is 14.6 Å². The molecule has 104 valence electrons. The molecule has 5 heteroatoms. The van der Waals surface area contributed by atoms with Crippen molar-refractivity contribution in [3.63, 3.8) is 0 Å². The fourth-order valence-electron chi connectivity index (χ4n) is 2.12. The minimum Gasteiger partial charge on any atom is -0.383 e. The number of nitriles is 1. The van der Waals surface area contributed by atoms with Crippen LogP contribution in [-0.2, 0) is 4.74 Å². The number of nitrogens with one attached hydrogen (secondary N) is 1. The summed E-state index contributed by atoms with van der Waals surface area (Å²) in [7, 11) is 1.60. The van der Waals surface area contributed by atoms with Crippen molar-refractivity contribution in [2.45, 2.75) is 6.42 Å². The Morgan fingerprint density at radius 3 is 2.95 bits per heavy atom. The first kappa shape index (κ1) is 14.1. The second-order valence-corrected chi connectivity index (χ2v) is 4.44. The van der Waals surface area contributed by atoms with Crippen LogP contribution in [0, 0.1) is 11.3 Å². The summed E-state index contributed by atoms with van der Waals surface area (Å²) in [5.41, 5.74) is 1.57. The SMILES string of the molecule is COCCN(CCC#N)C(=O)c1c[nH]c2ccccc12. The van der Waals surface area contributed by atoms with Crippen LogP contribution in [0.25, 0.3) is 10.9 Å². The molecule has 0 unspecified atom stereocenters. The van der Waals surface area contributed by atoms with Crippen molar-refractivity contribution in [1.82, 2.24) is 9.88 Å². The summed E-state index contributed by atoms with van der Waals surface area (Å²) in [5, 5.41) is 9.60. The van der Waals surface area contributed by atoms with Crippen molar-refractivity contribution in [1.29, 1.82) is 5.26 Å². The van der Waals surface area contributed by atoms with Gasteiger partial charge in [-0.25, -0.2) is 0 Å². The van der Waals surface area contributed by atoms with Crippen molar-refractivity contribution in [2.75, 3.05) is 26.8 Å². The molecule has 1 heterocycles. The summed E-state index contributed by atoms with van der Waals surface area (Å²) < 4.78 is 5.02. The van der Waals surface area contributed by atoms with Gasteiger partial charge in [0.15, 0.2) is 0 Å². The molecule has 0 aliphatic heterocycles. The highest BCUT2D eigenvalue weighted by Gasteiger charge is 2.18. The lowest BCUT2D eigenvalue weighted by molar-refractivity contribution is 0.0702. The molecule has 0 atom stereocenters. The number of amides is 1. The number of fused-ring (bicyclic) bond motifs is 1. The van der Waals surface area contributed by atoms with Crippen molar-refractivity contribution in [3.8, 4) is 6.07 Å². The molecule has 1 N–H and O–H groups in total. The number of rotatable bonds is 6. The number of aromatic amines is 1. The first-order valence-electron chi connectivity index (χ1n) is 6.49. The molecule has 0 saturated carbocycles. The minimum absolute atomic E-state index is 0.0743. The van der Waals surface area contributed by atoms with E-state index in [0.717, 1.165) is 10.9 Å². The molecule has 0 bridgehead atoms. The Morgan fingerprint density at radius 1 is 1.40 bits per heavy atom. The van der Waals surface area contributed by atoms with Crippen molar-refractivity contribution in [3.05, 3.63) is 36.0 Å². The lowest BCUT2D eigenvalue weighted by Crippen LogP contribution is -2.34. The zero-order valence-electron chi connectivity index (χ0n) is 11.4. The molecule has 5 nitrogen and oxygen atoms in total. The van der Waals surface area contributed by atoms with E-state index in [4.69, 9.17) is 10.00 Å². The van der Waals surface area contributed by atoms with Gasteiger partial charge in [0.25, 0.3) is 5.91 Å². The molecule has 1 aromatic heterocycles. The molecule has 20 heavy (non-hydrogen) atoms. The standard InChI is InChI=1S/C15H17N3O2/c1-20-10-9-18(8-4-7-16)15(19)13-11-17-14-6-3-2-5-12(13)14/h2-3,5-6,11,17H,4,8-10H2,1H3. The van der Waals surface area contributed by atoms with Gasteiger partial charge in [-0.3, -0.25) is 4.79 Å². The monoisotopic (exact) mass is 271 g/mol. The Hall–Kier alpha value is -2.32. The van der Waals surface area contributed by atoms with E-state index in [-0.39, 0.29) is 5.91 Å². The van der Waals surface area contributed by atoms with Gasteiger partial charge in [0, 0.05) is 37.3 Å². The molecule has 2 aromatic rings. The smallest absolute Gasteiger partial charge is 0.256 e. The molecular formula is C15H17N3O2. The number of benzene rings is 1. The molecule has 0 saturated heterocycles. The van der Waals surface area contributed by atoms with E-state index in [1.807, 2.05) is 24.3 Å². The third-order valence-electron chi connectivity index (χ3n) is 3.17. The number of para-hydroxylation sites is 1. The van der Waals surface area contributed by atoms with Crippen molar-refractivity contribution >= 4 is 16.8 Å². The normalized spacial score (nSPS) is 10.4. The third kappa shape index (κ3) is 2.98. The Kier molecular flexibility index (Phi) is 4.75. The highest BCUT2D eigenvalue weighted by atomic mass is 16.5. The van der Waals surface area contributed by atoms with Crippen LogP contribution >= 0.6 is 0 Å². The molecule has 0 spiro atoms. The highest BCUT2D eigenvalue weighted by molar-refractivity contribution is 6.06. The number of carbonyl (C=O) groups excluding carboxylic acids is 1. The van der Waals surface area contributed by atoms with Crippen LogP contribution in [0.1, 0.15) is 16.8 Å². The second kappa shape index (κ2) is 6.73. The number of H-pyrrole nitrogens is 1. The zero-order valence-corrected chi connectivity index (χ0v) is 11.4. The van der Waals surface area contributed by atoms with Gasteiger partial charge in [-0.05, 0) is 6.07 Å². The summed E-state index contributed by atoms with van der Waals surface area (Å²) in [5.74, 6) is -0.0743. The largest absolute Gasteiger partial charge is 0.383 e. The number of ether oxygens (including phenoxy) is 1. The number of methoxy groups -OCH3 is 1. The maximum atomic E-state index is 12.6. The van der Waals surface area contributed by atoms with E-state index >= 15 is 0 Å². The molecule has 2 rings (SSSR count). The van der Waals surface area contributed by atoms with E-state index in [1.165, 1.54) is 0 Å². The maximum absolute atomic E-state index is 12.6. The molecular weight excluding hydrogens is 254 g/mol. The van der Waals surface area contributed by atoms with Gasteiger partial charge in [0.1, 0.15) is 0 Å². The molecule has 1 amide bonds. The van der Waals surface area contributed by atoms with Crippen LogP contribution < -0.4 is 0 Å². The van der Waals surface area contributed by atoms with Crippen LogP contribution in [0.4, 0.5) is 0 Å². The first-order valence-corrected chi connectivity index (χ1v) is 6.49. The van der Waals surface area contributed by atoms with Gasteiger partial charge in [-0.2, -0.15) is 5.26 Å². The average molecular weight is 271 g/mol. The van der Waals surface area contributed by atoms with Gasteiger partial charge >= 0.3 is 0 Å². The fraction of sp³-hybridized carbons (Fsp3) is 0.333. The summed E-state index contributed by atoms with van der Waals surface area (Å²) in [4.78, 5) is 17.3. The van der Waals surface area contributed by atoms with E-state index in [2.05, 4.69) is 11.1 Å². The van der Waals surface area contributed by atoms with Gasteiger partial charge in [0.2, 0.25) is 0 Å². The summed E-state index contributed by atoms with van der Waals surface area (Å²) in [6.07, 6.45) is 2.04. The van der Waals surface area contributed by atoms with E-state index in [0.29, 0.717) is 31.7 Å². The molecule has 1 aromatic carbocycles. The average Bonchev–Trinajstić information content (AvgIpc) is 2.91. The van der Waals surface area contributed by atoms with E-state index in [9.17, 15) is 4.79 Å². The van der Waals surface area contributed by atoms with E-state index in [1.54, 1.807) is 18.2 Å². The maximum Gasteiger partial charge on any atom is 0.256 e. The molecule has 0 fully saturated rings. The Bertz CT molecular complexity index is 627. The number of aromatic nitrogens is 1. The van der Waals surface area contributed by atoms with Crippen LogP contribution in [-0.4, -0.2) is 42.6 Å². The van der Waals surface area contributed by atoms with Crippen molar-refractivity contribution < 1.29 is 9.53 Å². The van der Waals surface area contributed by atoms with Crippen LogP contribution in [0.3, 0.4) is 0 Å². The second-order valence-electron chi connectivity index (χ2n) is 4.44. The zero-order chi connectivity index (χ0) is 14.4. The first-order chi connectivity index (χ1) is 9.77. The van der Waals surface area contributed by atoms with Crippen LogP contribution in [0.15, 0.2) is 30.5 Å². The van der Waals surface area contributed by atoms with Gasteiger partial charge in [-0.15, -0.1) is 0 Å². The number of hydrogen-bond donors (Lipinski definition) is 1. The topological polar surface area (TPSA) is 69.1 Å². The summed E-state index contributed by atoms with van der Waals surface area (Å²) in [6, 6.07) is 9.74. The molecule has 0 aliphatic carbocycles. The van der Waals surface area contributed by atoms with E-state index < -0.39 is 0 Å². The summed E-state index contributed by atoms with van der Waals surface area (Å²) in [6.45, 7) is 1.36. The predicted molar refractivity (Wildman–Crippen MR) is 76.3 cm³/mol. The van der Waals surface area contributed by atoms with Gasteiger partial charge in [-0.1, -0.05) is 18.2 Å². The van der Waals surface area contributed by atoms with Crippen LogP contribution in [0.5, 0.6) is 0 Å². The Balaban J connectivity index is 2.24. The van der Waals surface area contributed by atoms with Gasteiger partial charge in [0.05, 0.1) is 24.7 Å². The highest BCUT2D eigenvalue weighted by Crippen LogP contribution is 2.19.